The molecule has 0 radical (unpaired) electrons. The van der Waals surface area contributed by atoms with Gasteiger partial charge in [-0.25, -0.2) is 0 Å². The highest BCUT2D eigenvalue weighted by Crippen LogP contribution is 2.41. The molecule has 1 aromatic heterocycles. The van der Waals surface area contributed by atoms with E-state index in [1.165, 1.54) is 29.5 Å². The average molecular weight is 407 g/mol. The zero-order valence-electron chi connectivity index (χ0n) is 16.8. The van der Waals surface area contributed by atoms with Crippen LogP contribution in [0.5, 0.6) is 0 Å². The second-order valence-corrected chi connectivity index (χ2v) is 8.30. The Morgan fingerprint density at radius 3 is 2.38 bits per heavy atom. The van der Waals surface area contributed by atoms with E-state index in [0.29, 0.717) is 23.7 Å². The van der Waals surface area contributed by atoms with E-state index in [0.717, 1.165) is 11.4 Å². The van der Waals surface area contributed by atoms with E-state index in [2.05, 4.69) is 53.6 Å². The van der Waals surface area contributed by atoms with Crippen molar-refractivity contribution >= 4 is 18.1 Å². The lowest BCUT2D eigenvalue weighted by molar-refractivity contribution is -0.122. The highest BCUT2D eigenvalue weighted by atomic mass is 32.1. The molecule has 6 heteroatoms. The van der Waals surface area contributed by atoms with Gasteiger partial charge in [-0.1, -0.05) is 59.7 Å². The van der Waals surface area contributed by atoms with Gasteiger partial charge in [-0.05, 0) is 50.4 Å². The van der Waals surface area contributed by atoms with E-state index < -0.39 is 0 Å². The summed E-state index contributed by atoms with van der Waals surface area (Å²) in [4.78, 5) is 12.7. The molecule has 29 heavy (non-hydrogen) atoms. The van der Waals surface area contributed by atoms with Gasteiger partial charge in [0.15, 0.2) is 10.6 Å². The Kier molecular flexibility index (Phi) is 5.62. The van der Waals surface area contributed by atoms with Crippen molar-refractivity contribution in [3.8, 4) is 11.4 Å². The summed E-state index contributed by atoms with van der Waals surface area (Å²) >= 11 is 5.39. The predicted octanol–water partition coefficient (Wildman–Crippen LogP) is 4.88. The van der Waals surface area contributed by atoms with Gasteiger partial charge in [0, 0.05) is 18.5 Å². The van der Waals surface area contributed by atoms with Crippen LogP contribution in [0.4, 0.5) is 0 Å². The van der Waals surface area contributed by atoms with Gasteiger partial charge in [-0.2, -0.15) is 5.10 Å². The number of rotatable bonds is 7. The topological polar surface area (TPSA) is 62.7 Å². The normalized spacial score (nSPS) is 14.6. The van der Waals surface area contributed by atoms with Crippen LogP contribution in [-0.2, 0) is 11.3 Å². The molecule has 0 bridgehead atoms. The molecule has 1 heterocycles. The van der Waals surface area contributed by atoms with Crippen molar-refractivity contribution in [2.75, 3.05) is 0 Å². The number of aromatic nitrogens is 3. The van der Waals surface area contributed by atoms with Gasteiger partial charge in [-0.15, -0.1) is 0 Å². The number of carbonyl (C=O) groups is 1. The molecule has 150 valence electrons. The van der Waals surface area contributed by atoms with E-state index in [4.69, 9.17) is 12.2 Å². The Morgan fingerprint density at radius 1 is 1.14 bits per heavy atom. The van der Waals surface area contributed by atoms with Gasteiger partial charge in [0.2, 0.25) is 5.91 Å². The fourth-order valence-electron chi connectivity index (χ4n) is 3.58. The van der Waals surface area contributed by atoms with Gasteiger partial charge in [0.1, 0.15) is 0 Å². The Hall–Kier alpha value is -2.73. The van der Waals surface area contributed by atoms with Gasteiger partial charge >= 0.3 is 0 Å². The van der Waals surface area contributed by atoms with Gasteiger partial charge in [-0.3, -0.25) is 14.5 Å². The summed E-state index contributed by atoms with van der Waals surface area (Å²) in [6.45, 7) is 4.62. The van der Waals surface area contributed by atoms with Crippen molar-refractivity contribution < 1.29 is 4.79 Å². The first-order valence-electron chi connectivity index (χ1n) is 10.1. The summed E-state index contributed by atoms with van der Waals surface area (Å²) in [6.07, 6.45) is 2.70. The minimum absolute atomic E-state index is 0.0421. The van der Waals surface area contributed by atoms with Crippen LogP contribution >= 0.6 is 12.2 Å². The third-order valence-electron chi connectivity index (χ3n) is 5.48. The van der Waals surface area contributed by atoms with Crippen LogP contribution in [0.1, 0.15) is 42.0 Å². The molecule has 1 fully saturated rings. The Morgan fingerprint density at radius 2 is 1.76 bits per heavy atom. The van der Waals surface area contributed by atoms with Crippen LogP contribution in [0.3, 0.4) is 0 Å². The second kappa shape index (κ2) is 8.33. The fraction of sp³-hybridized carbons (Fsp3) is 0.348. The number of H-pyrrole nitrogens is 1. The van der Waals surface area contributed by atoms with Gasteiger partial charge in [0.05, 0.1) is 6.04 Å². The van der Waals surface area contributed by atoms with Crippen molar-refractivity contribution in [2.45, 2.75) is 45.7 Å². The molecule has 1 aliphatic carbocycles. The maximum atomic E-state index is 12.7. The number of aryl methyl sites for hydroxylation is 2. The number of carbonyl (C=O) groups excluding carboxylic acids is 1. The zero-order chi connectivity index (χ0) is 20.4. The minimum Gasteiger partial charge on any atom is -0.349 e. The van der Waals surface area contributed by atoms with Crippen molar-refractivity contribution in [3.05, 3.63) is 70.0 Å². The summed E-state index contributed by atoms with van der Waals surface area (Å²) < 4.78 is 2.43. The standard InChI is InChI=1S/C23H26N4OS/c1-15-3-7-17(8-4-15)21(18-11-12-18)24-20(28)13-14-27-22(25-26-23(27)29)19-9-5-16(2)6-10-19/h3-10,18,21H,11-14H2,1-2H3,(H,24,28)(H,26,29). The summed E-state index contributed by atoms with van der Waals surface area (Å²) in [5, 5.41) is 10.5. The van der Waals surface area contributed by atoms with Crippen molar-refractivity contribution in [1.82, 2.24) is 20.1 Å². The van der Waals surface area contributed by atoms with Crippen molar-refractivity contribution in [2.24, 2.45) is 5.92 Å². The maximum absolute atomic E-state index is 12.7. The van der Waals surface area contributed by atoms with E-state index in [1.807, 2.05) is 28.8 Å². The summed E-state index contributed by atoms with van der Waals surface area (Å²) in [5.74, 6) is 1.35. The summed E-state index contributed by atoms with van der Waals surface area (Å²) in [6, 6.07) is 16.7. The van der Waals surface area contributed by atoms with Crippen LogP contribution in [0.2, 0.25) is 0 Å². The fourth-order valence-corrected chi connectivity index (χ4v) is 3.81. The molecule has 2 aromatic carbocycles. The lowest BCUT2D eigenvalue weighted by Gasteiger charge is -2.19. The third kappa shape index (κ3) is 4.65. The molecule has 1 aliphatic rings. The molecule has 1 saturated carbocycles. The number of amides is 1. The zero-order valence-corrected chi connectivity index (χ0v) is 17.6. The lowest BCUT2D eigenvalue weighted by atomic mass is 10.0. The quantitative estimate of drug-likeness (QED) is 0.550. The predicted molar refractivity (Wildman–Crippen MR) is 117 cm³/mol. The van der Waals surface area contributed by atoms with Crippen molar-refractivity contribution in [3.63, 3.8) is 0 Å². The number of hydrogen-bond acceptors (Lipinski definition) is 3. The Bertz CT molecular complexity index is 1050. The van der Waals surface area contributed by atoms with Crippen molar-refractivity contribution in [1.29, 1.82) is 0 Å². The molecule has 1 unspecified atom stereocenters. The van der Waals surface area contributed by atoms with Gasteiger partial charge < -0.3 is 5.32 Å². The number of benzene rings is 2. The van der Waals surface area contributed by atoms with Crippen LogP contribution in [0, 0.1) is 24.5 Å². The lowest BCUT2D eigenvalue weighted by Crippen LogP contribution is -2.30. The molecule has 2 N–H and O–H groups in total. The Labute approximate surface area is 176 Å². The monoisotopic (exact) mass is 406 g/mol. The summed E-state index contributed by atoms with van der Waals surface area (Å²) in [7, 11) is 0. The SMILES string of the molecule is Cc1ccc(-c2n[nH]c(=S)n2CCC(=O)NC(c2ccc(C)cc2)C2CC2)cc1. The number of aromatic amines is 1. The third-order valence-corrected chi connectivity index (χ3v) is 5.79. The molecule has 5 nitrogen and oxygen atoms in total. The van der Waals surface area contributed by atoms with E-state index in [-0.39, 0.29) is 11.9 Å². The van der Waals surface area contributed by atoms with Crippen LogP contribution < -0.4 is 5.32 Å². The first-order valence-corrected chi connectivity index (χ1v) is 10.5. The molecule has 1 amide bonds. The van der Waals surface area contributed by atoms with Crippen LogP contribution in [0.15, 0.2) is 48.5 Å². The minimum atomic E-state index is 0.0421. The molecule has 1 atom stereocenters. The molecular formula is C23H26N4OS. The smallest absolute Gasteiger partial charge is 0.222 e. The van der Waals surface area contributed by atoms with E-state index in [1.54, 1.807) is 0 Å². The highest BCUT2D eigenvalue weighted by molar-refractivity contribution is 7.71. The first kappa shape index (κ1) is 19.6. The molecule has 4 rings (SSSR count). The van der Waals surface area contributed by atoms with Gasteiger partial charge in [0.25, 0.3) is 0 Å². The molecule has 0 aliphatic heterocycles. The number of nitrogens with one attached hydrogen (secondary N) is 2. The first-order chi connectivity index (χ1) is 14.0. The number of nitrogens with zero attached hydrogens (tertiary/aromatic N) is 2. The molecule has 0 saturated heterocycles. The molecule has 0 spiro atoms. The highest BCUT2D eigenvalue weighted by Gasteiger charge is 2.33. The average Bonchev–Trinajstić information content (AvgIpc) is 3.49. The number of hydrogen-bond donors (Lipinski definition) is 2. The summed E-state index contributed by atoms with van der Waals surface area (Å²) in [5.41, 5.74) is 4.59. The Balaban J connectivity index is 1.44. The molecular weight excluding hydrogens is 380 g/mol. The maximum Gasteiger partial charge on any atom is 0.222 e. The second-order valence-electron chi connectivity index (χ2n) is 7.91. The molecule has 3 aromatic rings. The van der Waals surface area contributed by atoms with Crippen LogP contribution in [-0.4, -0.2) is 20.7 Å². The van der Waals surface area contributed by atoms with E-state index in [9.17, 15) is 4.79 Å². The van der Waals surface area contributed by atoms with Crippen LogP contribution in [0.25, 0.3) is 11.4 Å². The largest absolute Gasteiger partial charge is 0.349 e. The van der Waals surface area contributed by atoms with E-state index >= 15 is 0 Å².